The first-order chi connectivity index (χ1) is 10.0. The van der Waals surface area contributed by atoms with Crippen molar-refractivity contribution < 1.29 is 17.5 Å². The molecular weight excluding hydrogens is 304 g/mol. The number of hydrogen-bond donors (Lipinski definition) is 3. The number of rotatable bonds is 3. The topological polar surface area (TPSA) is 107 Å². The van der Waals surface area contributed by atoms with Crippen molar-refractivity contribution in [2.45, 2.75) is 51.3 Å². The minimum Gasteiger partial charge on any atom is -0.264 e. The quantitative estimate of drug-likeness (QED) is 0.552. The minimum absolute atomic E-state index is 0.159. The van der Waals surface area contributed by atoms with Crippen LogP contribution < -0.4 is 16.9 Å². The Balaban J connectivity index is 2.36. The Morgan fingerprint density at radius 3 is 2.32 bits per heavy atom. The molecule has 7 nitrogen and oxygen atoms in total. The summed E-state index contributed by atoms with van der Waals surface area (Å²) in [6.07, 6.45) is -0.129. The Hall–Kier alpha value is -1.03. The van der Waals surface area contributed by atoms with Crippen LogP contribution in [0, 0.1) is 20.8 Å². The summed E-state index contributed by atoms with van der Waals surface area (Å²) < 4.78 is 30.0. The zero-order valence-electron chi connectivity index (χ0n) is 13.5. The lowest BCUT2D eigenvalue weighted by Gasteiger charge is -2.39. The molecule has 1 saturated heterocycles. The number of nitrogens with two attached hydrogens (primary N) is 2. The van der Waals surface area contributed by atoms with Crippen LogP contribution in [0.25, 0.3) is 0 Å². The van der Waals surface area contributed by atoms with Gasteiger partial charge in [0.2, 0.25) is 6.29 Å². The Bertz CT molecular complexity index is 654. The molecule has 124 valence electrons. The molecule has 0 spiro atoms. The van der Waals surface area contributed by atoms with Crippen LogP contribution in [0.3, 0.4) is 0 Å². The van der Waals surface area contributed by atoms with E-state index >= 15 is 0 Å². The van der Waals surface area contributed by atoms with E-state index in [1.807, 2.05) is 13.8 Å². The number of hydroxylamine groups is 2. The third-order valence-corrected chi connectivity index (χ3v) is 5.55. The van der Waals surface area contributed by atoms with Gasteiger partial charge in [0.25, 0.3) is 0 Å². The summed E-state index contributed by atoms with van der Waals surface area (Å²) in [4.78, 5) is 0.159. The second-order valence-electron chi connectivity index (χ2n) is 6.14. The molecule has 0 aliphatic carbocycles. The first-order valence-corrected chi connectivity index (χ1v) is 8.68. The van der Waals surface area contributed by atoms with Gasteiger partial charge in [-0.25, -0.2) is 5.32 Å². The van der Waals surface area contributed by atoms with Crippen LogP contribution in [0.2, 0.25) is 0 Å². The van der Waals surface area contributed by atoms with Crippen LogP contribution >= 0.6 is 0 Å². The van der Waals surface area contributed by atoms with E-state index in [1.54, 1.807) is 26.0 Å². The van der Waals surface area contributed by atoms with Gasteiger partial charge in [-0.1, -0.05) is 22.5 Å². The molecule has 5 N–H and O–H groups in total. The third-order valence-electron chi connectivity index (χ3n) is 3.93. The molecule has 0 amide bonds. The van der Waals surface area contributed by atoms with Crippen LogP contribution in [0.1, 0.15) is 30.0 Å². The van der Waals surface area contributed by atoms with Crippen LogP contribution in [-0.2, 0) is 14.4 Å². The lowest BCUT2D eigenvalue weighted by atomic mass is 10.1. The number of nitrogens with one attached hydrogen (secondary N) is 1. The van der Waals surface area contributed by atoms with Crippen molar-refractivity contribution in [2.24, 2.45) is 11.6 Å². The Labute approximate surface area is 131 Å². The molecule has 0 bridgehead atoms. The van der Waals surface area contributed by atoms with Crippen molar-refractivity contribution >= 4 is 10.1 Å². The van der Waals surface area contributed by atoms with Crippen LogP contribution in [-0.4, -0.2) is 32.0 Å². The van der Waals surface area contributed by atoms with Gasteiger partial charge in [-0.05, 0) is 43.1 Å². The molecule has 3 unspecified atom stereocenters. The predicted molar refractivity (Wildman–Crippen MR) is 83.4 cm³/mol. The minimum atomic E-state index is -4.02. The molecule has 0 saturated carbocycles. The largest absolute Gasteiger partial charge is 0.345 e. The molecule has 22 heavy (non-hydrogen) atoms. The average molecular weight is 329 g/mol. The first kappa shape index (κ1) is 17.3. The zero-order chi connectivity index (χ0) is 16.7. The third kappa shape index (κ3) is 3.32. The summed E-state index contributed by atoms with van der Waals surface area (Å²) in [6, 6.07) is 3.78. The van der Waals surface area contributed by atoms with E-state index in [0.29, 0.717) is 24.1 Å². The lowest BCUT2D eigenvalue weighted by molar-refractivity contribution is -1.11. The molecule has 1 aliphatic heterocycles. The molecule has 1 heterocycles. The average Bonchev–Trinajstić information content (AvgIpc) is 2.32. The highest BCUT2D eigenvalue weighted by molar-refractivity contribution is 7.86. The number of benzene rings is 1. The maximum Gasteiger partial charge on any atom is 0.345 e. The monoisotopic (exact) mass is 329 g/mol. The SMILES string of the molecule is Cc1cc(C)c(S(=O)(=O)O[N+]2(N)CCC(C)NC2N)c(C)c1. The molecule has 8 heteroatoms. The highest BCUT2D eigenvalue weighted by Crippen LogP contribution is 2.26. The highest BCUT2D eigenvalue weighted by atomic mass is 32.2. The van der Waals surface area contributed by atoms with Gasteiger partial charge in [0.15, 0.2) is 0 Å². The predicted octanol–water partition coefficient (Wildman–Crippen LogP) is 0.547. The molecular formula is C14H25N4O3S+. The molecule has 2 rings (SSSR count). The van der Waals surface area contributed by atoms with Crippen LogP contribution in [0.15, 0.2) is 17.0 Å². The fourth-order valence-electron chi connectivity index (χ4n) is 2.90. The van der Waals surface area contributed by atoms with Gasteiger partial charge in [0.05, 0.1) is 0 Å². The molecule has 0 aromatic heterocycles. The zero-order valence-corrected chi connectivity index (χ0v) is 14.3. The van der Waals surface area contributed by atoms with E-state index in [0.717, 1.165) is 5.56 Å². The Morgan fingerprint density at radius 1 is 1.27 bits per heavy atom. The van der Waals surface area contributed by atoms with Gasteiger partial charge < -0.3 is 0 Å². The summed E-state index contributed by atoms with van der Waals surface area (Å²) >= 11 is 0. The Kier molecular flexibility index (Phi) is 4.63. The van der Waals surface area contributed by atoms with Crippen LogP contribution in [0.4, 0.5) is 0 Å². The van der Waals surface area contributed by atoms with E-state index in [2.05, 4.69) is 5.32 Å². The fourth-order valence-corrected chi connectivity index (χ4v) is 4.41. The van der Waals surface area contributed by atoms with Gasteiger partial charge >= 0.3 is 10.1 Å². The van der Waals surface area contributed by atoms with Crippen molar-refractivity contribution in [2.75, 3.05) is 6.54 Å². The van der Waals surface area contributed by atoms with Crippen molar-refractivity contribution in [3.8, 4) is 0 Å². The maximum absolute atomic E-state index is 12.7. The standard InChI is InChI=1S/C14H25N4O3S/c1-9-7-10(2)13(11(3)8-9)22(19,20)21-18(16)6-5-12(4)17-14(18)15/h7-8,12,14,17H,5-6,15-16H2,1-4H3/q+1. The maximum atomic E-state index is 12.7. The summed E-state index contributed by atoms with van der Waals surface area (Å²) in [5.41, 5.74) is 8.20. The van der Waals surface area contributed by atoms with Gasteiger partial charge in [-0.3, -0.25) is 5.73 Å². The molecule has 3 atom stereocenters. The number of hydrogen-bond acceptors (Lipinski definition) is 6. The van der Waals surface area contributed by atoms with Crippen LogP contribution in [0.5, 0.6) is 0 Å². The summed E-state index contributed by atoms with van der Waals surface area (Å²) in [5.74, 6) is 6.07. The van der Waals surface area contributed by atoms with E-state index in [9.17, 15) is 8.42 Å². The lowest BCUT2D eigenvalue weighted by Crippen LogP contribution is -2.74. The molecule has 1 fully saturated rings. The van der Waals surface area contributed by atoms with Crippen molar-refractivity contribution in [3.05, 3.63) is 28.8 Å². The van der Waals surface area contributed by atoms with Crippen molar-refractivity contribution in [1.29, 1.82) is 0 Å². The van der Waals surface area contributed by atoms with Crippen molar-refractivity contribution in [1.82, 2.24) is 5.32 Å². The van der Waals surface area contributed by atoms with Gasteiger partial charge in [0.1, 0.15) is 11.4 Å². The van der Waals surface area contributed by atoms with Crippen molar-refractivity contribution in [3.63, 3.8) is 0 Å². The summed E-state index contributed by atoms with van der Waals surface area (Å²) in [5, 5.41) is 3.02. The normalized spacial score (nSPS) is 29.5. The first-order valence-electron chi connectivity index (χ1n) is 7.27. The molecule has 0 radical (unpaired) electrons. The van der Waals surface area contributed by atoms with E-state index in [-0.39, 0.29) is 10.9 Å². The number of nitrogens with zero attached hydrogens (tertiary/aromatic N) is 1. The fraction of sp³-hybridized carbons (Fsp3) is 0.571. The number of aryl methyl sites for hydroxylation is 3. The Morgan fingerprint density at radius 2 is 1.82 bits per heavy atom. The van der Waals surface area contributed by atoms with E-state index in [4.69, 9.17) is 15.9 Å². The van der Waals surface area contributed by atoms with Gasteiger partial charge in [-0.15, -0.1) is 5.84 Å². The smallest absolute Gasteiger partial charge is 0.264 e. The van der Waals surface area contributed by atoms with E-state index < -0.39 is 21.2 Å². The van der Waals surface area contributed by atoms with Gasteiger partial charge in [-0.2, -0.15) is 8.42 Å². The van der Waals surface area contributed by atoms with Gasteiger partial charge in [0, 0.05) is 12.5 Å². The summed E-state index contributed by atoms with van der Waals surface area (Å²) in [7, 11) is -4.02. The highest BCUT2D eigenvalue weighted by Gasteiger charge is 2.44. The molecule has 1 aromatic carbocycles. The van der Waals surface area contributed by atoms with E-state index in [1.165, 1.54) is 0 Å². The second-order valence-corrected chi connectivity index (χ2v) is 7.60. The number of quaternary nitrogens is 1. The molecule has 1 aromatic rings. The molecule has 1 aliphatic rings. The second kappa shape index (κ2) is 5.88. The summed E-state index contributed by atoms with van der Waals surface area (Å²) in [6.45, 7) is 7.69.